The number of hydrogen-bond donors (Lipinski definition) is 0. The number of esters is 1. The van der Waals surface area contributed by atoms with Crippen LogP contribution in [0, 0.1) is 5.92 Å². The molecule has 1 aliphatic heterocycles. The van der Waals surface area contributed by atoms with Crippen LogP contribution in [-0.2, 0) is 27.2 Å². The van der Waals surface area contributed by atoms with Gasteiger partial charge in [0.15, 0.2) is 0 Å². The first-order valence-corrected chi connectivity index (χ1v) is 9.93. The summed E-state index contributed by atoms with van der Waals surface area (Å²) in [6.07, 6.45) is 10.1. The van der Waals surface area contributed by atoms with Gasteiger partial charge >= 0.3 is 5.97 Å². The minimum atomic E-state index is -0.561. The Kier molecular flexibility index (Phi) is 5.93. The molecule has 1 unspecified atom stereocenters. The van der Waals surface area contributed by atoms with Crippen LogP contribution in [0.25, 0.3) is 0 Å². The number of aryl methyl sites for hydroxylation is 2. The van der Waals surface area contributed by atoms with Gasteiger partial charge in [0.1, 0.15) is 17.8 Å². The molecule has 1 aromatic rings. The third-order valence-corrected chi connectivity index (χ3v) is 5.90. The number of carbonyl (C=O) groups excluding carboxylic acids is 2. The van der Waals surface area contributed by atoms with Crippen LogP contribution in [0.2, 0.25) is 0 Å². The molecule has 0 amide bonds. The van der Waals surface area contributed by atoms with Crippen LogP contribution in [0.5, 0.6) is 0 Å². The summed E-state index contributed by atoms with van der Waals surface area (Å²) in [4.78, 5) is 24.2. The fraction of sp³-hybridized carbons (Fsp3) is 0.636. The van der Waals surface area contributed by atoms with E-state index in [1.165, 1.54) is 30.4 Å². The van der Waals surface area contributed by atoms with Crippen LogP contribution in [0.3, 0.4) is 0 Å². The van der Waals surface area contributed by atoms with Gasteiger partial charge in [-0.05, 0) is 49.1 Å². The van der Waals surface area contributed by atoms with E-state index in [2.05, 4.69) is 31.2 Å². The lowest BCUT2D eigenvalue weighted by molar-refractivity contribution is -0.180. The lowest BCUT2D eigenvalue weighted by Crippen LogP contribution is -2.49. The number of ether oxygens (including phenoxy) is 1. The summed E-state index contributed by atoms with van der Waals surface area (Å²) in [6.45, 7) is 2.19. The zero-order valence-electron chi connectivity index (χ0n) is 15.4. The maximum absolute atomic E-state index is 12.2. The first-order valence-electron chi connectivity index (χ1n) is 9.93. The Hall–Kier alpha value is -1.64. The van der Waals surface area contributed by atoms with Crippen molar-refractivity contribution in [2.24, 2.45) is 5.92 Å². The van der Waals surface area contributed by atoms with Crippen LogP contribution in [0.15, 0.2) is 24.3 Å². The molecule has 1 aromatic carbocycles. The molecule has 0 aromatic heterocycles. The molecule has 2 fully saturated rings. The lowest BCUT2D eigenvalue weighted by Gasteiger charge is -2.44. The quantitative estimate of drug-likeness (QED) is 0.551. The Morgan fingerprint density at radius 3 is 2.24 bits per heavy atom. The standard InChI is InChI=1S/C22H30O3/c1-2-6-17-9-11-18(12-10-17)13-14-22(19-7-4-3-5-8-19)16-20(23)15-21(24)25-22/h9-12,19H,2-8,13-16H2,1H3. The van der Waals surface area contributed by atoms with Gasteiger partial charge in [-0.3, -0.25) is 9.59 Å². The van der Waals surface area contributed by atoms with Crippen molar-refractivity contribution in [2.75, 3.05) is 0 Å². The molecule has 0 spiro atoms. The predicted molar refractivity (Wildman–Crippen MR) is 98.4 cm³/mol. The fourth-order valence-corrected chi connectivity index (χ4v) is 4.57. The molecular formula is C22H30O3. The van der Waals surface area contributed by atoms with E-state index in [4.69, 9.17) is 4.74 Å². The van der Waals surface area contributed by atoms with E-state index < -0.39 is 5.60 Å². The van der Waals surface area contributed by atoms with Gasteiger partial charge in [0, 0.05) is 6.42 Å². The van der Waals surface area contributed by atoms with Crippen molar-refractivity contribution in [2.45, 2.75) is 83.2 Å². The molecule has 3 nitrogen and oxygen atoms in total. The SMILES string of the molecule is CCCc1ccc(CCC2(C3CCCCC3)CC(=O)CC(=O)O2)cc1. The minimum Gasteiger partial charge on any atom is -0.458 e. The molecule has 0 radical (unpaired) electrons. The van der Waals surface area contributed by atoms with E-state index in [-0.39, 0.29) is 18.2 Å². The van der Waals surface area contributed by atoms with E-state index in [1.807, 2.05) is 0 Å². The van der Waals surface area contributed by atoms with Gasteiger partial charge in [-0.15, -0.1) is 0 Å². The third-order valence-electron chi connectivity index (χ3n) is 5.90. The Morgan fingerprint density at radius 1 is 1.00 bits per heavy atom. The highest BCUT2D eigenvalue weighted by Gasteiger charge is 2.47. The highest BCUT2D eigenvalue weighted by Crippen LogP contribution is 2.42. The second-order valence-electron chi connectivity index (χ2n) is 7.83. The van der Waals surface area contributed by atoms with Crippen LogP contribution in [0.4, 0.5) is 0 Å². The van der Waals surface area contributed by atoms with Gasteiger partial charge in [-0.25, -0.2) is 0 Å². The summed E-state index contributed by atoms with van der Waals surface area (Å²) in [5.41, 5.74) is 2.08. The smallest absolute Gasteiger partial charge is 0.313 e. The molecule has 1 saturated carbocycles. The highest BCUT2D eigenvalue weighted by atomic mass is 16.6. The van der Waals surface area contributed by atoms with E-state index in [0.717, 1.165) is 38.5 Å². The Balaban J connectivity index is 1.73. The first kappa shape index (κ1) is 18.2. The van der Waals surface area contributed by atoms with Crippen molar-refractivity contribution in [1.29, 1.82) is 0 Å². The van der Waals surface area contributed by atoms with Gasteiger partial charge in [0.05, 0.1) is 0 Å². The van der Waals surface area contributed by atoms with Crippen LogP contribution in [-0.4, -0.2) is 17.4 Å². The van der Waals surface area contributed by atoms with Crippen LogP contribution in [0.1, 0.15) is 75.8 Å². The number of Topliss-reactive ketones (excluding diaryl/α,β-unsaturated/α-hetero) is 1. The lowest BCUT2D eigenvalue weighted by atomic mass is 9.70. The normalized spacial score (nSPS) is 25.0. The molecule has 1 aliphatic carbocycles. The minimum absolute atomic E-state index is 0.0415. The number of benzene rings is 1. The molecule has 0 bridgehead atoms. The number of ketones is 1. The summed E-state index contributed by atoms with van der Waals surface area (Å²) < 4.78 is 5.91. The van der Waals surface area contributed by atoms with Gasteiger partial charge in [0.2, 0.25) is 0 Å². The van der Waals surface area contributed by atoms with Crippen LogP contribution >= 0.6 is 0 Å². The molecule has 0 N–H and O–H groups in total. The highest BCUT2D eigenvalue weighted by molar-refractivity contribution is 5.98. The Morgan fingerprint density at radius 2 is 1.64 bits per heavy atom. The zero-order valence-corrected chi connectivity index (χ0v) is 15.4. The van der Waals surface area contributed by atoms with Gasteiger partial charge in [-0.2, -0.15) is 0 Å². The fourth-order valence-electron chi connectivity index (χ4n) is 4.57. The van der Waals surface area contributed by atoms with E-state index >= 15 is 0 Å². The van der Waals surface area contributed by atoms with Gasteiger partial charge in [0.25, 0.3) is 0 Å². The summed E-state index contributed by atoms with van der Waals surface area (Å²) >= 11 is 0. The van der Waals surface area contributed by atoms with Gasteiger partial charge in [-0.1, -0.05) is 56.9 Å². The predicted octanol–water partition coefficient (Wildman–Crippen LogP) is 4.80. The Bertz CT molecular complexity index is 580. The Labute approximate surface area is 151 Å². The van der Waals surface area contributed by atoms with E-state index in [1.54, 1.807) is 0 Å². The topological polar surface area (TPSA) is 43.4 Å². The van der Waals surface area contributed by atoms with Gasteiger partial charge < -0.3 is 4.74 Å². The summed E-state index contributed by atoms with van der Waals surface area (Å²) in [7, 11) is 0. The van der Waals surface area contributed by atoms with Crippen molar-refractivity contribution in [3.63, 3.8) is 0 Å². The molecule has 2 aliphatic rings. The van der Waals surface area contributed by atoms with Crippen molar-refractivity contribution >= 4 is 11.8 Å². The molecule has 1 atom stereocenters. The van der Waals surface area contributed by atoms with Crippen molar-refractivity contribution < 1.29 is 14.3 Å². The molecule has 3 rings (SSSR count). The molecular weight excluding hydrogens is 312 g/mol. The van der Waals surface area contributed by atoms with E-state index in [0.29, 0.717) is 12.3 Å². The maximum Gasteiger partial charge on any atom is 0.313 e. The monoisotopic (exact) mass is 342 g/mol. The third kappa shape index (κ3) is 4.50. The average Bonchev–Trinajstić information content (AvgIpc) is 2.61. The van der Waals surface area contributed by atoms with E-state index in [9.17, 15) is 9.59 Å². The number of hydrogen-bond acceptors (Lipinski definition) is 3. The van der Waals surface area contributed by atoms with Crippen molar-refractivity contribution in [3.05, 3.63) is 35.4 Å². The number of rotatable bonds is 6. The number of cyclic esters (lactones) is 1. The van der Waals surface area contributed by atoms with Crippen LogP contribution < -0.4 is 0 Å². The first-order chi connectivity index (χ1) is 12.1. The summed E-state index contributed by atoms with van der Waals surface area (Å²) in [5, 5.41) is 0. The molecule has 25 heavy (non-hydrogen) atoms. The second kappa shape index (κ2) is 8.16. The number of carbonyl (C=O) groups is 2. The second-order valence-corrected chi connectivity index (χ2v) is 7.83. The zero-order chi connectivity index (χ0) is 17.7. The molecule has 1 heterocycles. The average molecular weight is 342 g/mol. The summed E-state index contributed by atoms with van der Waals surface area (Å²) in [6, 6.07) is 8.77. The van der Waals surface area contributed by atoms with Crippen molar-refractivity contribution in [1.82, 2.24) is 0 Å². The van der Waals surface area contributed by atoms with Crippen molar-refractivity contribution in [3.8, 4) is 0 Å². The largest absolute Gasteiger partial charge is 0.458 e. The summed E-state index contributed by atoms with van der Waals surface area (Å²) in [5.74, 6) is 0.0778. The molecule has 136 valence electrons. The molecule has 1 saturated heterocycles. The maximum atomic E-state index is 12.2. The molecule has 3 heteroatoms.